The van der Waals surface area contributed by atoms with E-state index in [1.165, 1.54) is 19.2 Å². The average molecular weight is 313 g/mol. The van der Waals surface area contributed by atoms with E-state index in [-0.39, 0.29) is 21.6 Å². The van der Waals surface area contributed by atoms with Gasteiger partial charge in [0, 0.05) is 6.54 Å². The maximum Gasteiger partial charge on any atom is 0.335 e. The maximum absolute atomic E-state index is 12.3. The summed E-state index contributed by atoms with van der Waals surface area (Å²) in [5, 5.41) is 8.98. The van der Waals surface area contributed by atoms with Crippen LogP contribution in [0.4, 0.5) is 0 Å². The zero-order chi connectivity index (χ0) is 15.8. The molecular formula is C14H19NO5S. The second-order valence-corrected chi connectivity index (χ2v) is 7.65. The smallest absolute Gasteiger partial charge is 0.335 e. The predicted octanol–water partition coefficient (Wildman–Crippen LogP) is 1.72. The first-order valence-corrected chi connectivity index (χ1v) is 8.07. The van der Waals surface area contributed by atoms with Crippen molar-refractivity contribution in [2.75, 3.05) is 13.7 Å². The molecule has 1 aromatic rings. The van der Waals surface area contributed by atoms with Crippen molar-refractivity contribution in [2.24, 2.45) is 11.3 Å². The Kier molecular flexibility index (Phi) is 3.99. The molecule has 6 nitrogen and oxygen atoms in total. The molecule has 2 rings (SSSR count). The third-order valence-corrected chi connectivity index (χ3v) is 5.38. The molecule has 0 bridgehead atoms. The summed E-state index contributed by atoms with van der Waals surface area (Å²) >= 11 is 0. The van der Waals surface area contributed by atoms with Crippen LogP contribution in [0.1, 0.15) is 30.6 Å². The summed E-state index contributed by atoms with van der Waals surface area (Å²) in [7, 11) is -2.46. The van der Waals surface area contributed by atoms with E-state index in [1.54, 1.807) is 0 Å². The number of ether oxygens (including phenoxy) is 1. The molecule has 1 aliphatic carbocycles. The molecule has 21 heavy (non-hydrogen) atoms. The summed E-state index contributed by atoms with van der Waals surface area (Å²) < 4.78 is 32.2. The van der Waals surface area contributed by atoms with Crippen molar-refractivity contribution in [3.05, 3.63) is 23.8 Å². The van der Waals surface area contributed by atoms with Crippen LogP contribution in [-0.2, 0) is 10.0 Å². The number of hydrogen-bond acceptors (Lipinski definition) is 4. The SMILES string of the molecule is COc1ccc(C(=O)O)cc1S(=O)(=O)NCC1CC1(C)C. The van der Waals surface area contributed by atoms with Gasteiger partial charge in [-0.2, -0.15) is 0 Å². The van der Waals surface area contributed by atoms with E-state index in [0.29, 0.717) is 12.5 Å². The van der Waals surface area contributed by atoms with Gasteiger partial charge in [0.2, 0.25) is 10.0 Å². The van der Waals surface area contributed by atoms with Crippen LogP contribution in [0.15, 0.2) is 23.1 Å². The monoisotopic (exact) mass is 313 g/mol. The molecule has 2 N–H and O–H groups in total. The normalized spacial score (nSPS) is 20.0. The van der Waals surface area contributed by atoms with Crippen molar-refractivity contribution in [3.8, 4) is 5.75 Å². The molecule has 0 radical (unpaired) electrons. The Morgan fingerprint density at radius 1 is 1.48 bits per heavy atom. The number of methoxy groups -OCH3 is 1. The predicted molar refractivity (Wildman–Crippen MR) is 77.0 cm³/mol. The Bertz CT molecular complexity index is 666. The Hall–Kier alpha value is -1.60. The first-order valence-electron chi connectivity index (χ1n) is 6.58. The number of hydrogen-bond donors (Lipinski definition) is 2. The number of rotatable bonds is 6. The summed E-state index contributed by atoms with van der Waals surface area (Å²) in [6.07, 6.45) is 0.974. The molecule has 0 saturated heterocycles. The second-order valence-electron chi connectivity index (χ2n) is 5.91. The largest absolute Gasteiger partial charge is 0.495 e. The number of nitrogens with one attached hydrogen (secondary N) is 1. The zero-order valence-electron chi connectivity index (χ0n) is 12.2. The second kappa shape index (κ2) is 5.31. The van der Waals surface area contributed by atoms with Gasteiger partial charge in [0.25, 0.3) is 0 Å². The minimum atomic E-state index is -3.80. The van der Waals surface area contributed by atoms with Crippen molar-refractivity contribution < 1.29 is 23.1 Å². The van der Waals surface area contributed by atoms with Crippen LogP contribution in [0, 0.1) is 11.3 Å². The quantitative estimate of drug-likeness (QED) is 0.834. The van der Waals surface area contributed by atoms with Crippen LogP contribution in [0.25, 0.3) is 0 Å². The van der Waals surface area contributed by atoms with Gasteiger partial charge in [-0.1, -0.05) is 13.8 Å². The molecule has 1 aromatic carbocycles. The number of carbonyl (C=O) groups is 1. The standard InChI is InChI=1S/C14H19NO5S/c1-14(2)7-10(14)8-15-21(18,19)12-6-9(13(16)17)4-5-11(12)20-3/h4-6,10,15H,7-8H2,1-3H3,(H,16,17). The van der Waals surface area contributed by atoms with Gasteiger partial charge in [0.1, 0.15) is 10.6 Å². The van der Waals surface area contributed by atoms with Crippen molar-refractivity contribution in [3.63, 3.8) is 0 Å². The van der Waals surface area contributed by atoms with Gasteiger partial charge in [0.15, 0.2) is 0 Å². The third-order valence-electron chi connectivity index (χ3n) is 3.94. The third kappa shape index (κ3) is 3.36. The van der Waals surface area contributed by atoms with E-state index in [2.05, 4.69) is 18.6 Å². The molecule has 0 amide bonds. The Morgan fingerprint density at radius 3 is 2.57 bits per heavy atom. The first-order chi connectivity index (χ1) is 9.67. The molecule has 0 heterocycles. The van der Waals surface area contributed by atoms with Gasteiger partial charge in [-0.25, -0.2) is 17.9 Å². The van der Waals surface area contributed by atoms with E-state index in [9.17, 15) is 13.2 Å². The van der Waals surface area contributed by atoms with Gasteiger partial charge in [0.05, 0.1) is 12.7 Å². The molecule has 1 unspecified atom stereocenters. The van der Waals surface area contributed by atoms with Crippen LogP contribution in [-0.4, -0.2) is 33.1 Å². The summed E-state index contributed by atoms with van der Waals surface area (Å²) in [4.78, 5) is 10.8. The van der Waals surface area contributed by atoms with E-state index < -0.39 is 16.0 Å². The Morgan fingerprint density at radius 2 is 2.10 bits per heavy atom. The average Bonchev–Trinajstić information content (AvgIpc) is 3.03. The molecule has 0 spiro atoms. The van der Waals surface area contributed by atoms with Crippen LogP contribution >= 0.6 is 0 Å². The lowest BCUT2D eigenvalue weighted by Gasteiger charge is -2.12. The van der Waals surface area contributed by atoms with E-state index in [1.807, 2.05) is 0 Å². The highest BCUT2D eigenvalue weighted by Crippen LogP contribution is 2.51. The molecule has 1 fully saturated rings. The van der Waals surface area contributed by atoms with Crippen molar-refractivity contribution in [2.45, 2.75) is 25.2 Å². The summed E-state index contributed by atoms with van der Waals surface area (Å²) in [5.41, 5.74) is 0.0677. The van der Waals surface area contributed by atoms with Gasteiger partial charge in [-0.05, 0) is 36.0 Å². The van der Waals surface area contributed by atoms with Crippen LogP contribution in [0.5, 0.6) is 5.75 Å². The maximum atomic E-state index is 12.3. The number of aromatic carboxylic acids is 1. The highest BCUT2D eigenvalue weighted by molar-refractivity contribution is 7.89. The lowest BCUT2D eigenvalue weighted by molar-refractivity contribution is 0.0696. The highest BCUT2D eigenvalue weighted by Gasteiger charge is 2.45. The van der Waals surface area contributed by atoms with Crippen LogP contribution < -0.4 is 9.46 Å². The van der Waals surface area contributed by atoms with Gasteiger partial charge in [-0.3, -0.25) is 0 Å². The molecule has 1 aliphatic rings. The van der Waals surface area contributed by atoms with E-state index in [0.717, 1.165) is 12.5 Å². The van der Waals surface area contributed by atoms with Gasteiger partial charge in [-0.15, -0.1) is 0 Å². The fourth-order valence-corrected chi connectivity index (χ4v) is 3.51. The number of carboxylic acid groups (broad SMARTS) is 1. The fraction of sp³-hybridized carbons (Fsp3) is 0.500. The fourth-order valence-electron chi connectivity index (χ4n) is 2.23. The molecule has 116 valence electrons. The minimum Gasteiger partial charge on any atom is -0.495 e. The lowest BCUT2D eigenvalue weighted by Crippen LogP contribution is -2.27. The topological polar surface area (TPSA) is 92.7 Å². The molecule has 1 atom stereocenters. The van der Waals surface area contributed by atoms with Crippen molar-refractivity contribution in [1.82, 2.24) is 4.72 Å². The first kappa shape index (κ1) is 15.8. The highest BCUT2D eigenvalue weighted by atomic mass is 32.2. The summed E-state index contributed by atoms with van der Waals surface area (Å²) in [6, 6.07) is 3.77. The Balaban J connectivity index is 2.25. The number of carboxylic acids is 1. The number of sulfonamides is 1. The van der Waals surface area contributed by atoms with Gasteiger partial charge >= 0.3 is 5.97 Å². The van der Waals surface area contributed by atoms with Gasteiger partial charge < -0.3 is 9.84 Å². The van der Waals surface area contributed by atoms with Crippen molar-refractivity contribution >= 4 is 16.0 Å². The Labute approximate surface area is 124 Å². The van der Waals surface area contributed by atoms with E-state index >= 15 is 0 Å². The van der Waals surface area contributed by atoms with Crippen molar-refractivity contribution in [1.29, 1.82) is 0 Å². The molecule has 7 heteroatoms. The van der Waals surface area contributed by atoms with Crippen LogP contribution in [0.2, 0.25) is 0 Å². The molecule has 0 aromatic heterocycles. The van der Waals surface area contributed by atoms with E-state index in [4.69, 9.17) is 9.84 Å². The summed E-state index contributed by atoms with van der Waals surface area (Å²) in [6.45, 7) is 4.50. The molecule has 0 aliphatic heterocycles. The van der Waals surface area contributed by atoms with Crippen LogP contribution in [0.3, 0.4) is 0 Å². The zero-order valence-corrected chi connectivity index (χ0v) is 13.0. The molecular weight excluding hydrogens is 294 g/mol. The lowest BCUT2D eigenvalue weighted by atomic mass is 10.1. The minimum absolute atomic E-state index is 0.0945. The number of benzene rings is 1. The summed E-state index contributed by atoms with van der Waals surface area (Å²) in [5.74, 6) is -0.749. The molecule has 1 saturated carbocycles.